The van der Waals surface area contributed by atoms with Crippen LogP contribution in [0.3, 0.4) is 0 Å². The molecule has 348 valence electrons. The molecule has 3 nitrogen and oxygen atoms in total. The summed E-state index contributed by atoms with van der Waals surface area (Å²) in [5.74, 6) is 0. The van der Waals surface area contributed by atoms with Crippen LogP contribution in [0.15, 0.2) is 249 Å². The highest BCUT2D eigenvalue weighted by molar-refractivity contribution is 6.11. The quantitative estimate of drug-likeness (QED) is 0.150. The Morgan fingerprint density at radius 2 is 0.808 bits per heavy atom. The molecular weight excluding hydrogens is 883 g/mol. The van der Waals surface area contributed by atoms with Gasteiger partial charge in [-0.15, -0.1) is 0 Å². The van der Waals surface area contributed by atoms with Gasteiger partial charge in [0, 0.05) is 61.3 Å². The molecule has 3 heteroatoms. The zero-order valence-corrected chi connectivity index (χ0v) is 41.5. The minimum atomic E-state index is -0.163. The molecule has 0 bridgehead atoms. The van der Waals surface area contributed by atoms with Crippen molar-refractivity contribution in [2.75, 3.05) is 9.80 Å². The molecule has 2 aliphatic carbocycles. The molecule has 0 amide bonds. The van der Waals surface area contributed by atoms with Crippen molar-refractivity contribution < 1.29 is 0 Å². The van der Waals surface area contributed by atoms with Gasteiger partial charge < -0.3 is 14.4 Å². The standard InChI is InChI=1S/C70H53N3/c1-69(2)62-28-16-13-25-55(62)57-37-34-53(44-64(57)69)71(49-21-7-5-8-22-49)52-36-40-67(72(50-23-9-6-10-24-50)54-35-38-58-56-26-14-17-29-63(56)70(3,4)65(58)45-54)60(43-52)48-32-39-68-61(42-48)59-27-15-18-30-66(59)73(68)51-33-31-46-19-11-12-20-47(46)41-51/h5-45H,1-4H3. The van der Waals surface area contributed by atoms with E-state index in [9.17, 15) is 0 Å². The van der Waals surface area contributed by atoms with E-state index < -0.39 is 0 Å². The van der Waals surface area contributed by atoms with Crippen molar-refractivity contribution in [2.24, 2.45) is 0 Å². The summed E-state index contributed by atoms with van der Waals surface area (Å²) in [6.45, 7) is 9.47. The molecule has 0 N–H and O–H groups in total. The van der Waals surface area contributed by atoms with Crippen LogP contribution in [0.4, 0.5) is 34.1 Å². The van der Waals surface area contributed by atoms with E-state index in [4.69, 9.17) is 0 Å². The third-order valence-corrected chi connectivity index (χ3v) is 16.1. The molecule has 14 rings (SSSR count). The van der Waals surface area contributed by atoms with Crippen LogP contribution >= 0.6 is 0 Å². The van der Waals surface area contributed by atoms with E-state index >= 15 is 0 Å². The first-order valence-corrected chi connectivity index (χ1v) is 25.6. The van der Waals surface area contributed by atoms with Crippen LogP contribution in [0.25, 0.3) is 71.6 Å². The molecular formula is C70H53N3. The van der Waals surface area contributed by atoms with Gasteiger partial charge in [0.1, 0.15) is 0 Å². The third kappa shape index (κ3) is 6.65. The van der Waals surface area contributed by atoms with Crippen molar-refractivity contribution >= 4 is 66.7 Å². The topological polar surface area (TPSA) is 11.4 Å². The summed E-state index contributed by atoms with van der Waals surface area (Å²) in [5.41, 5.74) is 22.8. The average molecular weight is 936 g/mol. The summed E-state index contributed by atoms with van der Waals surface area (Å²) in [6.07, 6.45) is 0. The molecule has 0 spiro atoms. The van der Waals surface area contributed by atoms with Gasteiger partial charge in [0.25, 0.3) is 0 Å². The number of anilines is 6. The van der Waals surface area contributed by atoms with Crippen molar-refractivity contribution in [3.05, 3.63) is 271 Å². The highest BCUT2D eigenvalue weighted by Crippen LogP contribution is 2.54. The smallest absolute Gasteiger partial charge is 0.0541 e. The van der Waals surface area contributed by atoms with Gasteiger partial charge >= 0.3 is 0 Å². The van der Waals surface area contributed by atoms with E-state index in [-0.39, 0.29) is 10.8 Å². The molecule has 0 radical (unpaired) electrons. The lowest BCUT2D eigenvalue weighted by molar-refractivity contribution is 0.660. The Balaban J connectivity index is 1.01. The first-order chi connectivity index (χ1) is 35.7. The fourth-order valence-corrected chi connectivity index (χ4v) is 12.5. The van der Waals surface area contributed by atoms with Crippen molar-refractivity contribution in [1.82, 2.24) is 4.57 Å². The number of hydrogen-bond acceptors (Lipinski definition) is 2. The molecule has 0 unspecified atom stereocenters. The summed E-state index contributed by atoms with van der Waals surface area (Å²) in [4.78, 5) is 4.92. The number of rotatable bonds is 8. The number of benzene rings is 11. The Hall–Kier alpha value is -8.92. The highest BCUT2D eigenvalue weighted by Gasteiger charge is 2.37. The van der Waals surface area contributed by atoms with Crippen molar-refractivity contribution in [3.63, 3.8) is 0 Å². The van der Waals surface area contributed by atoms with Crippen molar-refractivity contribution in [2.45, 2.75) is 38.5 Å². The van der Waals surface area contributed by atoms with E-state index in [2.05, 4.69) is 291 Å². The summed E-state index contributed by atoms with van der Waals surface area (Å²) >= 11 is 0. The van der Waals surface area contributed by atoms with Crippen molar-refractivity contribution in [1.29, 1.82) is 0 Å². The Kier molecular flexibility index (Phi) is 9.59. The third-order valence-electron chi connectivity index (χ3n) is 16.1. The molecule has 0 saturated carbocycles. The predicted molar refractivity (Wildman–Crippen MR) is 308 cm³/mol. The molecule has 0 fully saturated rings. The fourth-order valence-electron chi connectivity index (χ4n) is 12.5. The summed E-state index contributed by atoms with van der Waals surface area (Å²) in [7, 11) is 0. The van der Waals surface area contributed by atoms with E-state index in [0.717, 1.165) is 50.9 Å². The van der Waals surface area contributed by atoms with E-state index in [1.807, 2.05) is 0 Å². The lowest BCUT2D eigenvalue weighted by Crippen LogP contribution is -2.17. The maximum atomic E-state index is 2.48. The Bertz CT molecular complexity index is 4160. The lowest BCUT2D eigenvalue weighted by atomic mass is 9.82. The SMILES string of the molecule is CC1(C)c2ccccc2-c2ccc(N(c3ccccc3)c3ccc(N(c4ccccc4)c4ccc5c(c4)C(C)(C)c4ccccc4-5)c(-c4ccc5c(c4)c4ccccc4n5-c4ccc5ccccc5c4)c3)cc21. The van der Waals surface area contributed by atoms with Gasteiger partial charge in [-0.25, -0.2) is 0 Å². The molecule has 0 saturated heterocycles. The monoisotopic (exact) mass is 935 g/mol. The summed E-state index contributed by atoms with van der Waals surface area (Å²) in [5, 5.41) is 4.89. The Labute approximate surface area is 427 Å². The first kappa shape index (κ1) is 42.9. The lowest BCUT2D eigenvalue weighted by Gasteiger charge is -2.32. The van der Waals surface area contributed by atoms with Gasteiger partial charge in [0.05, 0.1) is 16.7 Å². The molecule has 0 atom stereocenters. The van der Waals surface area contributed by atoms with Gasteiger partial charge in [0.2, 0.25) is 0 Å². The predicted octanol–water partition coefficient (Wildman–Crippen LogP) is 19.2. The maximum absolute atomic E-state index is 2.48. The molecule has 73 heavy (non-hydrogen) atoms. The van der Waals surface area contributed by atoms with Gasteiger partial charge in [-0.3, -0.25) is 0 Å². The van der Waals surface area contributed by atoms with Gasteiger partial charge in [0.15, 0.2) is 0 Å². The number of hydrogen-bond donors (Lipinski definition) is 0. The van der Waals surface area contributed by atoms with Gasteiger partial charge in [-0.05, 0) is 158 Å². The van der Waals surface area contributed by atoms with Crippen LogP contribution in [0.5, 0.6) is 0 Å². The summed E-state index contributed by atoms with van der Waals surface area (Å²) < 4.78 is 2.43. The molecule has 1 heterocycles. The van der Waals surface area contributed by atoms with E-state index in [1.165, 1.54) is 77.1 Å². The molecule has 12 aromatic rings. The Morgan fingerprint density at radius 1 is 0.301 bits per heavy atom. The minimum Gasteiger partial charge on any atom is -0.310 e. The van der Waals surface area contributed by atoms with Gasteiger partial charge in [-0.2, -0.15) is 0 Å². The minimum absolute atomic E-state index is 0.150. The van der Waals surface area contributed by atoms with Gasteiger partial charge in [-0.1, -0.05) is 179 Å². The zero-order chi connectivity index (χ0) is 49.0. The van der Waals surface area contributed by atoms with E-state index in [1.54, 1.807) is 0 Å². The van der Waals surface area contributed by atoms with Crippen LogP contribution in [-0.2, 0) is 10.8 Å². The number of fused-ring (bicyclic) bond motifs is 10. The number of para-hydroxylation sites is 3. The van der Waals surface area contributed by atoms with Crippen LogP contribution in [0.1, 0.15) is 49.9 Å². The maximum Gasteiger partial charge on any atom is 0.0541 e. The van der Waals surface area contributed by atoms with Crippen molar-refractivity contribution in [3.8, 4) is 39.1 Å². The van der Waals surface area contributed by atoms with Crippen LogP contribution in [-0.4, -0.2) is 4.57 Å². The molecule has 2 aliphatic rings. The Morgan fingerprint density at radius 3 is 1.48 bits per heavy atom. The molecule has 1 aromatic heterocycles. The first-order valence-electron chi connectivity index (χ1n) is 25.6. The largest absolute Gasteiger partial charge is 0.310 e. The fraction of sp³-hybridized carbons (Fsp3) is 0.0857. The normalized spacial score (nSPS) is 13.7. The second kappa shape index (κ2) is 16.3. The summed E-state index contributed by atoms with van der Waals surface area (Å²) in [6, 6.07) is 92.4. The average Bonchev–Trinajstić information content (AvgIpc) is 3.98. The van der Waals surface area contributed by atoms with Crippen LogP contribution in [0.2, 0.25) is 0 Å². The van der Waals surface area contributed by atoms with E-state index in [0.29, 0.717) is 0 Å². The zero-order valence-electron chi connectivity index (χ0n) is 41.5. The second-order valence-electron chi connectivity index (χ2n) is 21.0. The molecule has 11 aromatic carbocycles. The van der Waals surface area contributed by atoms with Crippen LogP contribution < -0.4 is 9.80 Å². The number of nitrogens with zero attached hydrogens (tertiary/aromatic N) is 3. The second-order valence-corrected chi connectivity index (χ2v) is 21.0. The highest BCUT2D eigenvalue weighted by atomic mass is 15.2. The molecule has 0 aliphatic heterocycles. The van der Waals surface area contributed by atoms with Crippen LogP contribution in [0, 0.1) is 0 Å². The number of aromatic nitrogens is 1.